The second-order valence-corrected chi connectivity index (χ2v) is 12.2. The van der Waals surface area contributed by atoms with Crippen LogP contribution in [0.4, 0.5) is 10.5 Å². The normalized spacial score (nSPS) is 17.0. The largest absolute Gasteiger partial charge is 0.493 e. The zero-order chi connectivity index (χ0) is 29.2. The van der Waals surface area contributed by atoms with Gasteiger partial charge >= 0.3 is 6.09 Å². The van der Waals surface area contributed by atoms with Crippen LogP contribution in [0.5, 0.6) is 5.75 Å². The minimum Gasteiger partial charge on any atom is -0.493 e. The molecule has 3 aromatic rings. The summed E-state index contributed by atoms with van der Waals surface area (Å²) in [5, 5.41) is 0.703. The molecule has 1 heterocycles. The van der Waals surface area contributed by atoms with Crippen LogP contribution >= 0.6 is 11.6 Å². The molecule has 1 aliphatic rings. The van der Waals surface area contributed by atoms with Crippen LogP contribution in [0.3, 0.4) is 0 Å². The van der Waals surface area contributed by atoms with Gasteiger partial charge in [-0.05, 0) is 74.9 Å². The van der Waals surface area contributed by atoms with Gasteiger partial charge in [0, 0.05) is 62.6 Å². The van der Waals surface area contributed by atoms with Crippen LogP contribution in [0.25, 0.3) is 0 Å². The molecule has 1 fully saturated rings. The third-order valence-electron chi connectivity index (χ3n) is 7.30. The minimum absolute atomic E-state index is 0.244. The summed E-state index contributed by atoms with van der Waals surface area (Å²) < 4.78 is 17.1. The lowest BCUT2D eigenvalue weighted by Gasteiger charge is -2.31. The summed E-state index contributed by atoms with van der Waals surface area (Å²) in [7, 11) is 1.70. The first kappa shape index (κ1) is 30.7. The summed E-state index contributed by atoms with van der Waals surface area (Å²) >= 11 is 6.27. The Bertz CT molecular complexity index is 1230. The maximum atomic E-state index is 13.1. The van der Waals surface area contributed by atoms with Crippen molar-refractivity contribution in [3.63, 3.8) is 0 Å². The molecule has 41 heavy (non-hydrogen) atoms. The fraction of sp³-hybridized carbons (Fsp3) is 0.441. The number of hydrogen-bond donors (Lipinski definition) is 0. The molecule has 3 aromatic carbocycles. The molecule has 0 radical (unpaired) electrons. The first-order chi connectivity index (χ1) is 19.7. The van der Waals surface area contributed by atoms with Crippen LogP contribution < -0.4 is 9.64 Å². The Morgan fingerprint density at radius 1 is 0.927 bits per heavy atom. The lowest BCUT2D eigenvalue weighted by Crippen LogP contribution is -2.36. The van der Waals surface area contributed by atoms with Crippen molar-refractivity contribution < 1.29 is 19.0 Å². The van der Waals surface area contributed by atoms with E-state index in [4.69, 9.17) is 25.8 Å². The number of amides is 1. The molecule has 1 amide bonds. The van der Waals surface area contributed by atoms with E-state index in [2.05, 4.69) is 53.4 Å². The molecule has 0 N–H and O–H groups in total. The Balaban J connectivity index is 1.59. The van der Waals surface area contributed by atoms with Crippen LogP contribution in [0, 0.1) is 11.8 Å². The number of likely N-dealkylation sites (tertiary alicyclic amines) is 1. The van der Waals surface area contributed by atoms with Crippen LogP contribution in [-0.4, -0.2) is 56.6 Å². The highest BCUT2D eigenvalue weighted by Crippen LogP contribution is 2.32. The lowest BCUT2D eigenvalue weighted by molar-refractivity contribution is 0.0284. The fourth-order valence-electron chi connectivity index (χ4n) is 5.33. The quantitative estimate of drug-likeness (QED) is 0.208. The topological polar surface area (TPSA) is 51.2 Å². The van der Waals surface area contributed by atoms with E-state index in [1.807, 2.05) is 56.0 Å². The van der Waals surface area contributed by atoms with Gasteiger partial charge in [0.2, 0.25) is 0 Å². The third-order valence-corrected chi connectivity index (χ3v) is 7.55. The summed E-state index contributed by atoms with van der Waals surface area (Å²) in [6.07, 6.45) is 1.49. The van der Waals surface area contributed by atoms with E-state index in [0.717, 1.165) is 36.4 Å². The zero-order valence-electron chi connectivity index (χ0n) is 24.7. The van der Waals surface area contributed by atoms with E-state index < -0.39 is 5.60 Å². The number of para-hydroxylation sites is 1. The van der Waals surface area contributed by atoms with Crippen molar-refractivity contribution in [2.45, 2.75) is 45.8 Å². The van der Waals surface area contributed by atoms with E-state index in [-0.39, 0.29) is 12.0 Å². The minimum atomic E-state index is -0.535. The lowest BCUT2D eigenvalue weighted by atomic mass is 9.89. The number of carbonyl (C=O) groups excluding carboxylic acids is 1. The van der Waals surface area contributed by atoms with E-state index >= 15 is 0 Å². The number of anilines is 1. The molecule has 0 bridgehead atoms. The molecule has 220 valence electrons. The Hall–Kier alpha value is -3.22. The highest BCUT2D eigenvalue weighted by molar-refractivity contribution is 6.30. The molecule has 1 aliphatic heterocycles. The fourth-order valence-corrected chi connectivity index (χ4v) is 5.46. The van der Waals surface area contributed by atoms with Gasteiger partial charge < -0.3 is 24.0 Å². The predicted octanol–water partition coefficient (Wildman–Crippen LogP) is 7.49. The number of hydrogen-bond acceptors (Lipinski definition) is 5. The summed E-state index contributed by atoms with van der Waals surface area (Å²) in [4.78, 5) is 17.4. The molecule has 0 unspecified atom stereocenters. The van der Waals surface area contributed by atoms with Crippen LogP contribution in [0.15, 0.2) is 78.9 Å². The van der Waals surface area contributed by atoms with Gasteiger partial charge in [0.1, 0.15) is 11.4 Å². The van der Waals surface area contributed by atoms with Gasteiger partial charge in [-0.2, -0.15) is 0 Å². The summed E-state index contributed by atoms with van der Waals surface area (Å²) in [6, 6.07) is 26.7. The zero-order valence-corrected chi connectivity index (χ0v) is 25.5. The van der Waals surface area contributed by atoms with Gasteiger partial charge in [0.15, 0.2) is 0 Å². The Kier molecular flexibility index (Phi) is 10.9. The van der Waals surface area contributed by atoms with Gasteiger partial charge in [0.05, 0.1) is 6.61 Å². The summed E-state index contributed by atoms with van der Waals surface area (Å²) in [6.45, 7) is 9.76. The van der Waals surface area contributed by atoms with Gasteiger partial charge in [-0.3, -0.25) is 0 Å². The van der Waals surface area contributed by atoms with Crippen molar-refractivity contribution in [2.75, 3.05) is 44.9 Å². The Labute approximate surface area is 250 Å². The predicted molar refractivity (Wildman–Crippen MR) is 166 cm³/mol. The smallest absolute Gasteiger partial charge is 0.410 e. The molecule has 0 aliphatic carbocycles. The Morgan fingerprint density at radius 2 is 1.61 bits per heavy atom. The highest BCUT2D eigenvalue weighted by atomic mass is 35.5. The number of methoxy groups -OCH3 is 1. The molecule has 2 atom stereocenters. The number of halogens is 1. The number of benzene rings is 3. The van der Waals surface area contributed by atoms with Gasteiger partial charge in [-0.25, -0.2) is 4.79 Å². The monoisotopic (exact) mass is 578 g/mol. The summed E-state index contributed by atoms with van der Waals surface area (Å²) in [5.41, 5.74) is 2.94. The first-order valence-corrected chi connectivity index (χ1v) is 14.8. The van der Waals surface area contributed by atoms with Crippen molar-refractivity contribution in [3.05, 3.63) is 95.0 Å². The van der Waals surface area contributed by atoms with E-state index in [1.54, 1.807) is 7.11 Å². The molecule has 1 saturated heterocycles. The van der Waals surface area contributed by atoms with E-state index in [9.17, 15) is 4.79 Å². The summed E-state index contributed by atoms with van der Waals surface area (Å²) in [5.74, 6) is 1.42. The number of rotatable bonds is 12. The maximum absolute atomic E-state index is 13.1. The van der Waals surface area contributed by atoms with E-state index in [1.165, 1.54) is 5.56 Å². The van der Waals surface area contributed by atoms with E-state index in [0.29, 0.717) is 43.8 Å². The van der Waals surface area contributed by atoms with Crippen molar-refractivity contribution in [2.24, 2.45) is 11.8 Å². The van der Waals surface area contributed by atoms with Gasteiger partial charge in [0.25, 0.3) is 0 Å². The SMILES string of the molecule is COCCCOc1ccccc1CN(C[C@H]1CN(C(=O)OC(C)(C)C)C[C@@H]1Cc1ccccc1)c1ccc(Cl)cc1. The second kappa shape index (κ2) is 14.6. The second-order valence-electron chi connectivity index (χ2n) is 11.8. The standard InChI is InChI=1S/C34H43ClN2O4/c1-34(2,3)41-33(38)37-23-28(21-26-11-6-5-7-12-26)29(25-37)24-36(31-17-15-30(35)16-18-31)22-27-13-8-9-14-32(27)40-20-10-19-39-4/h5-9,11-18,28-29H,10,19-25H2,1-4H3/t28-,29-/m0/s1. The molecule has 0 aromatic heterocycles. The average molecular weight is 579 g/mol. The van der Waals surface area contributed by atoms with Crippen molar-refractivity contribution in [1.29, 1.82) is 0 Å². The van der Waals surface area contributed by atoms with Gasteiger partial charge in [-0.15, -0.1) is 0 Å². The number of carbonyl (C=O) groups is 1. The third kappa shape index (κ3) is 9.40. The number of nitrogens with zero attached hydrogens (tertiary/aromatic N) is 2. The average Bonchev–Trinajstić information content (AvgIpc) is 3.34. The van der Waals surface area contributed by atoms with Crippen molar-refractivity contribution in [3.8, 4) is 5.75 Å². The van der Waals surface area contributed by atoms with Crippen molar-refractivity contribution >= 4 is 23.4 Å². The van der Waals surface area contributed by atoms with Crippen molar-refractivity contribution in [1.82, 2.24) is 4.90 Å². The van der Waals surface area contributed by atoms with Gasteiger partial charge in [-0.1, -0.05) is 60.1 Å². The molecule has 0 spiro atoms. The molecule has 7 heteroatoms. The van der Waals surface area contributed by atoms with Crippen LogP contribution in [0.2, 0.25) is 5.02 Å². The Morgan fingerprint density at radius 3 is 2.32 bits per heavy atom. The molecule has 6 nitrogen and oxygen atoms in total. The highest BCUT2D eigenvalue weighted by Gasteiger charge is 2.38. The number of ether oxygens (including phenoxy) is 3. The van der Waals surface area contributed by atoms with Crippen LogP contribution in [-0.2, 0) is 22.4 Å². The molecular formula is C34H43ClN2O4. The molecule has 4 rings (SSSR count). The first-order valence-electron chi connectivity index (χ1n) is 14.4. The molecular weight excluding hydrogens is 536 g/mol. The molecule has 0 saturated carbocycles. The van der Waals surface area contributed by atoms with Crippen LogP contribution in [0.1, 0.15) is 38.3 Å². The maximum Gasteiger partial charge on any atom is 0.410 e.